The molecule has 6 nitrogen and oxygen atoms in total. The molecule has 0 radical (unpaired) electrons. The van der Waals surface area contributed by atoms with Crippen LogP contribution in [-0.2, 0) is 4.79 Å². The van der Waals surface area contributed by atoms with Crippen molar-refractivity contribution < 1.29 is 9.90 Å². The minimum absolute atomic E-state index is 0.142. The van der Waals surface area contributed by atoms with Gasteiger partial charge >= 0.3 is 0 Å². The second kappa shape index (κ2) is 8.20. The fraction of sp³-hybridized carbons (Fsp3) is 0.278. The molecule has 1 unspecified atom stereocenters. The maximum Gasteiger partial charge on any atom is 0.239 e. The Balaban J connectivity index is 1.86. The van der Waals surface area contributed by atoms with Crippen molar-refractivity contribution in [1.82, 2.24) is 9.88 Å². The number of aryl methyl sites for hydroxylation is 1. The number of nitrogens with one attached hydrogen (secondary N) is 1. The van der Waals surface area contributed by atoms with Gasteiger partial charge in [-0.1, -0.05) is 18.2 Å². The van der Waals surface area contributed by atoms with Crippen LogP contribution in [0.15, 0.2) is 42.5 Å². The Morgan fingerprint density at radius 1 is 1.33 bits per heavy atom. The van der Waals surface area contributed by atoms with E-state index in [4.69, 9.17) is 5.26 Å². The molecule has 124 valence electrons. The van der Waals surface area contributed by atoms with Crippen LogP contribution in [0.1, 0.15) is 22.9 Å². The van der Waals surface area contributed by atoms with E-state index in [1.54, 1.807) is 42.3 Å². The standard InChI is InChI=1S/C18H20N4O2/c1-13-4-3-5-17(20-13)21-18(24)12-22(2)11-16(23)15-8-6-14(10-19)7-9-15/h3-9,16,23H,11-12H2,1-2H3,(H,20,21,24). The number of nitrogens with zero attached hydrogens (tertiary/aromatic N) is 3. The second-order valence-corrected chi connectivity index (χ2v) is 5.66. The Morgan fingerprint density at radius 2 is 2.04 bits per heavy atom. The molecule has 0 saturated heterocycles. The zero-order valence-electron chi connectivity index (χ0n) is 13.7. The van der Waals surface area contributed by atoms with Crippen LogP contribution in [0.25, 0.3) is 0 Å². The Morgan fingerprint density at radius 3 is 2.67 bits per heavy atom. The van der Waals surface area contributed by atoms with Gasteiger partial charge < -0.3 is 10.4 Å². The lowest BCUT2D eigenvalue weighted by Gasteiger charge is -2.20. The smallest absolute Gasteiger partial charge is 0.239 e. The van der Waals surface area contributed by atoms with E-state index in [0.29, 0.717) is 23.5 Å². The number of hydrogen-bond acceptors (Lipinski definition) is 5. The number of aliphatic hydroxyl groups excluding tert-OH is 1. The summed E-state index contributed by atoms with van der Waals surface area (Å²) in [5.74, 6) is 0.323. The average molecular weight is 324 g/mol. The molecular formula is C18H20N4O2. The number of aromatic nitrogens is 1. The van der Waals surface area contributed by atoms with E-state index in [9.17, 15) is 9.90 Å². The summed E-state index contributed by atoms with van der Waals surface area (Å²) in [5, 5.41) is 21.7. The highest BCUT2D eigenvalue weighted by molar-refractivity contribution is 5.91. The highest BCUT2D eigenvalue weighted by Gasteiger charge is 2.14. The van der Waals surface area contributed by atoms with Gasteiger partial charge in [0, 0.05) is 12.2 Å². The number of rotatable bonds is 6. The fourth-order valence-electron chi connectivity index (χ4n) is 2.29. The van der Waals surface area contributed by atoms with Crippen molar-refractivity contribution in [3.8, 4) is 6.07 Å². The zero-order valence-corrected chi connectivity index (χ0v) is 13.7. The maximum atomic E-state index is 12.0. The third-order valence-electron chi connectivity index (χ3n) is 3.48. The van der Waals surface area contributed by atoms with E-state index >= 15 is 0 Å². The van der Waals surface area contributed by atoms with Crippen molar-refractivity contribution in [2.45, 2.75) is 13.0 Å². The predicted octanol–water partition coefficient (Wildman–Crippen LogP) is 1.87. The van der Waals surface area contributed by atoms with Gasteiger partial charge in [-0.05, 0) is 43.8 Å². The third-order valence-corrected chi connectivity index (χ3v) is 3.48. The molecule has 0 aliphatic heterocycles. The summed E-state index contributed by atoms with van der Waals surface area (Å²) in [4.78, 5) is 18.0. The summed E-state index contributed by atoms with van der Waals surface area (Å²) in [5.41, 5.74) is 2.09. The third kappa shape index (κ3) is 5.16. The first-order valence-corrected chi connectivity index (χ1v) is 7.58. The molecule has 2 rings (SSSR count). The molecule has 0 fully saturated rings. The molecule has 0 aliphatic carbocycles. The van der Waals surface area contributed by atoms with Gasteiger partial charge in [-0.15, -0.1) is 0 Å². The van der Waals surface area contributed by atoms with Crippen molar-refractivity contribution in [2.24, 2.45) is 0 Å². The minimum atomic E-state index is -0.729. The number of pyridine rings is 1. The average Bonchev–Trinajstić information content (AvgIpc) is 2.54. The quantitative estimate of drug-likeness (QED) is 0.846. The van der Waals surface area contributed by atoms with Crippen LogP contribution in [0.5, 0.6) is 0 Å². The summed E-state index contributed by atoms with van der Waals surface area (Å²) in [6.07, 6.45) is -0.729. The van der Waals surface area contributed by atoms with E-state index in [1.807, 2.05) is 25.1 Å². The van der Waals surface area contributed by atoms with Gasteiger partial charge in [0.1, 0.15) is 5.82 Å². The lowest BCUT2D eigenvalue weighted by Crippen LogP contribution is -2.33. The first-order valence-electron chi connectivity index (χ1n) is 7.58. The Labute approximate surface area is 141 Å². The van der Waals surface area contributed by atoms with Crippen LogP contribution >= 0.6 is 0 Å². The number of likely N-dealkylation sites (N-methyl/N-ethyl adjacent to an activating group) is 1. The van der Waals surface area contributed by atoms with Crippen molar-refractivity contribution in [3.63, 3.8) is 0 Å². The molecule has 2 N–H and O–H groups in total. The van der Waals surface area contributed by atoms with Crippen molar-refractivity contribution in [1.29, 1.82) is 5.26 Å². The van der Waals surface area contributed by atoms with Gasteiger partial charge in [-0.25, -0.2) is 4.98 Å². The molecule has 1 heterocycles. The summed E-state index contributed by atoms with van der Waals surface area (Å²) in [6, 6.07) is 14.2. The Kier molecular flexibility index (Phi) is 6.01. The van der Waals surface area contributed by atoms with E-state index in [2.05, 4.69) is 10.3 Å². The normalized spacial score (nSPS) is 11.8. The number of carbonyl (C=O) groups excluding carboxylic acids is 1. The largest absolute Gasteiger partial charge is 0.387 e. The lowest BCUT2D eigenvalue weighted by molar-refractivity contribution is -0.117. The SMILES string of the molecule is Cc1cccc(NC(=O)CN(C)CC(O)c2ccc(C#N)cc2)n1. The van der Waals surface area contributed by atoms with Crippen LogP contribution in [-0.4, -0.2) is 41.0 Å². The number of carbonyl (C=O) groups is 1. The van der Waals surface area contributed by atoms with Gasteiger partial charge in [-0.2, -0.15) is 5.26 Å². The molecule has 1 aromatic carbocycles. The highest BCUT2D eigenvalue weighted by Crippen LogP contribution is 2.14. The highest BCUT2D eigenvalue weighted by atomic mass is 16.3. The van der Waals surface area contributed by atoms with Crippen LogP contribution in [0.3, 0.4) is 0 Å². The molecular weight excluding hydrogens is 304 g/mol. The Bertz CT molecular complexity index is 737. The van der Waals surface area contributed by atoms with Gasteiger partial charge in [0.15, 0.2) is 0 Å². The second-order valence-electron chi connectivity index (χ2n) is 5.66. The van der Waals surface area contributed by atoms with Crippen molar-refractivity contribution in [3.05, 3.63) is 59.3 Å². The van der Waals surface area contributed by atoms with Crippen molar-refractivity contribution >= 4 is 11.7 Å². The number of benzene rings is 1. The molecule has 1 atom stereocenters. The first kappa shape index (κ1) is 17.6. The van der Waals surface area contributed by atoms with E-state index in [1.165, 1.54) is 0 Å². The summed E-state index contributed by atoms with van der Waals surface area (Å²) < 4.78 is 0. The molecule has 6 heteroatoms. The monoisotopic (exact) mass is 324 g/mol. The van der Waals surface area contributed by atoms with E-state index in [-0.39, 0.29) is 12.5 Å². The van der Waals surface area contributed by atoms with Gasteiger partial charge in [-0.3, -0.25) is 9.69 Å². The maximum absolute atomic E-state index is 12.0. The Hall–Kier alpha value is -2.75. The molecule has 1 amide bonds. The van der Waals surface area contributed by atoms with Gasteiger partial charge in [0.05, 0.1) is 24.3 Å². The number of anilines is 1. The summed E-state index contributed by atoms with van der Waals surface area (Å²) in [7, 11) is 1.76. The molecule has 2 aromatic rings. The lowest BCUT2D eigenvalue weighted by atomic mass is 10.1. The summed E-state index contributed by atoms with van der Waals surface area (Å²) in [6.45, 7) is 2.30. The topological polar surface area (TPSA) is 89.3 Å². The van der Waals surface area contributed by atoms with Crippen LogP contribution in [0, 0.1) is 18.3 Å². The number of aliphatic hydroxyl groups is 1. The van der Waals surface area contributed by atoms with Crippen LogP contribution < -0.4 is 5.32 Å². The fourth-order valence-corrected chi connectivity index (χ4v) is 2.29. The van der Waals surface area contributed by atoms with Gasteiger partial charge in [0.2, 0.25) is 5.91 Å². The van der Waals surface area contributed by atoms with Crippen LogP contribution in [0.4, 0.5) is 5.82 Å². The molecule has 0 bridgehead atoms. The number of hydrogen-bond donors (Lipinski definition) is 2. The molecule has 0 saturated carbocycles. The zero-order chi connectivity index (χ0) is 17.5. The molecule has 24 heavy (non-hydrogen) atoms. The molecule has 0 spiro atoms. The predicted molar refractivity (Wildman–Crippen MR) is 91.2 cm³/mol. The van der Waals surface area contributed by atoms with E-state index in [0.717, 1.165) is 5.69 Å². The minimum Gasteiger partial charge on any atom is -0.387 e. The number of amides is 1. The summed E-state index contributed by atoms with van der Waals surface area (Å²) >= 11 is 0. The van der Waals surface area contributed by atoms with Crippen molar-refractivity contribution in [2.75, 3.05) is 25.5 Å². The van der Waals surface area contributed by atoms with Gasteiger partial charge in [0.25, 0.3) is 0 Å². The van der Waals surface area contributed by atoms with Crippen LogP contribution in [0.2, 0.25) is 0 Å². The molecule has 1 aromatic heterocycles. The molecule has 0 aliphatic rings. The first-order chi connectivity index (χ1) is 11.5. The number of nitriles is 1. The van der Waals surface area contributed by atoms with E-state index < -0.39 is 6.10 Å².